The third-order valence-electron chi connectivity index (χ3n) is 3.62. The molecule has 1 heterocycles. The average molecular weight is 211 g/mol. The Hall–Kier alpha value is -0.0400. The lowest BCUT2D eigenvalue weighted by Gasteiger charge is -2.21. The Morgan fingerprint density at radius 2 is 2.07 bits per heavy atom. The van der Waals surface area contributed by atoms with Crippen molar-refractivity contribution in [3.05, 3.63) is 6.92 Å². The molecule has 0 amide bonds. The fraction of sp³-hybridized carbons (Fsp3) is 0.929. The Bertz CT molecular complexity index is 151. The van der Waals surface area contributed by atoms with Gasteiger partial charge in [0.25, 0.3) is 0 Å². The molecule has 1 fully saturated rings. The lowest BCUT2D eigenvalue weighted by atomic mass is 9.85. The van der Waals surface area contributed by atoms with Gasteiger partial charge in [0, 0.05) is 0 Å². The second kappa shape index (κ2) is 7.27. The summed E-state index contributed by atoms with van der Waals surface area (Å²) < 4.78 is 5.31. The van der Waals surface area contributed by atoms with E-state index in [-0.39, 0.29) is 0 Å². The van der Waals surface area contributed by atoms with Gasteiger partial charge in [-0.25, -0.2) is 0 Å². The SMILES string of the molecule is [CH2]CC(CC(CC)CCCC)CC1CO1. The molecule has 0 aromatic carbocycles. The third-order valence-corrected chi connectivity index (χ3v) is 3.62. The minimum absolute atomic E-state index is 0.584. The van der Waals surface area contributed by atoms with Crippen LogP contribution in [-0.2, 0) is 4.74 Å². The molecule has 0 aromatic rings. The number of rotatable bonds is 9. The fourth-order valence-electron chi connectivity index (χ4n) is 2.36. The molecule has 0 spiro atoms. The molecular weight excluding hydrogens is 184 g/mol. The highest BCUT2D eigenvalue weighted by Crippen LogP contribution is 2.29. The second-order valence-corrected chi connectivity index (χ2v) is 5.00. The first-order valence-corrected chi connectivity index (χ1v) is 6.70. The summed E-state index contributed by atoms with van der Waals surface area (Å²) in [6, 6.07) is 0. The molecule has 1 radical (unpaired) electrons. The molecule has 1 saturated heterocycles. The molecule has 3 atom stereocenters. The molecule has 1 rings (SSSR count). The lowest BCUT2D eigenvalue weighted by molar-refractivity contribution is 0.290. The maximum Gasteiger partial charge on any atom is 0.0812 e. The molecule has 0 aliphatic carbocycles. The summed E-state index contributed by atoms with van der Waals surface area (Å²) in [6.07, 6.45) is 9.77. The summed E-state index contributed by atoms with van der Waals surface area (Å²) in [5, 5.41) is 0. The van der Waals surface area contributed by atoms with E-state index in [1.807, 2.05) is 0 Å². The number of hydrogen-bond donors (Lipinski definition) is 0. The maximum atomic E-state index is 5.31. The zero-order valence-corrected chi connectivity index (χ0v) is 10.5. The van der Waals surface area contributed by atoms with Gasteiger partial charge in [-0.3, -0.25) is 0 Å². The van der Waals surface area contributed by atoms with Crippen molar-refractivity contribution in [2.45, 2.75) is 64.9 Å². The van der Waals surface area contributed by atoms with E-state index in [0.29, 0.717) is 6.10 Å². The van der Waals surface area contributed by atoms with Crippen LogP contribution in [0.5, 0.6) is 0 Å². The largest absolute Gasteiger partial charge is 0.373 e. The van der Waals surface area contributed by atoms with E-state index < -0.39 is 0 Å². The van der Waals surface area contributed by atoms with E-state index in [9.17, 15) is 0 Å². The summed E-state index contributed by atoms with van der Waals surface area (Å²) in [4.78, 5) is 0. The van der Waals surface area contributed by atoms with E-state index >= 15 is 0 Å². The van der Waals surface area contributed by atoms with E-state index in [1.165, 1.54) is 38.5 Å². The van der Waals surface area contributed by atoms with Crippen LogP contribution < -0.4 is 0 Å². The van der Waals surface area contributed by atoms with Crippen LogP contribution in [0, 0.1) is 18.8 Å². The molecule has 0 N–H and O–H groups in total. The first-order chi connectivity index (χ1) is 7.30. The molecule has 1 nitrogen and oxygen atoms in total. The Labute approximate surface area is 95.6 Å². The topological polar surface area (TPSA) is 12.5 Å². The van der Waals surface area contributed by atoms with Crippen molar-refractivity contribution >= 4 is 0 Å². The monoisotopic (exact) mass is 211 g/mol. The molecule has 15 heavy (non-hydrogen) atoms. The minimum atomic E-state index is 0.584. The van der Waals surface area contributed by atoms with Crippen LogP contribution in [0.4, 0.5) is 0 Å². The first kappa shape index (κ1) is 13.0. The van der Waals surface area contributed by atoms with Gasteiger partial charge in [0.2, 0.25) is 0 Å². The van der Waals surface area contributed by atoms with Crippen LogP contribution in [0.3, 0.4) is 0 Å². The van der Waals surface area contributed by atoms with E-state index in [0.717, 1.165) is 24.9 Å². The Kier molecular flexibility index (Phi) is 6.31. The molecule has 1 heteroatoms. The van der Waals surface area contributed by atoms with Crippen molar-refractivity contribution in [2.75, 3.05) is 6.61 Å². The van der Waals surface area contributed by atoms with Crippen LogP contribution in [0.2, 0.25) is 0 Å². The van der Waals surface area contributed by atoms with Crippen LogP contribution in [0.15, 0.2) is 0 Å². The molecule has 0 aromatic heterocycles. The zero-order valence-electron chi connectivity index (χ0n) is 10.5. The quantitative estimate of drug-likeness (QED) is 0.520. The Morgan fingerprint density at radius 3 is 2.53 bits per heavy atom. The van der Waals surface area contributed by atoms with Crippen molar-refractivity contribution in [2.24, 2.45) is 11.8 Å². The smallest absolute Gasteiger partial charge is 0.0812 e. The molecule has 0 saturated carbocycles. The zero-order chi connectivity index (χ0) is 11.1. The van der Waals surface area contributed by atoms with Gasteiger partial charge in [-0.1, -0.05) is 52.9 Å². The van der Waals surface area contributed by atoms with Gasteiger partial charge in [0.05, 0.1) is 12.7 Å². The highest BCUT2D eigenvalue weighted by Gasteiger charge is 2.26. The van der Waals surface area contributed by atoms with E-state index in [2.05, 4.69) is 20.8 Å². The van der Waals surface area contributed by atoms with Crippen LogP contribution >= 0.6 is 0 Å². The molecule has 1 aliphatic heterocycles. The Morgan fingerprint density at radius 1 is 1.33 bits per heavy atom. The van der Waals surface area contributed by atoms with Crippen molar-refractivity contribution in [3.63, 3.8) is 0 Å². The number of epoxide rings is 1. The maximum absolute atomic E-state index is 5.31. The van der Waals surface area contributed by atoms with E-state index in [4.69, 9.17) is 4.74 Å². The van der Waals surface area contributed by atoms with Crippen molar-refractivity contribution in [1.82, 2.24) is 0 Å². The van der Waals surface area contributed by atoms with Gasteiger partial charge >= 0.3 is 0 Å². The number of unbranched alkanes of at least 4 members (excludes halogenated alkanes) is 1. The highest BCUT2D eigenvalue weighted by molar-refractivity contribution is 4.76. The molecule has 0 bridgehead atoms. The summed E-state index contributed by atoms with van der Waals surface area (Å²) >= 11 is 0. The molecular formula is C14H27O. The standard InChI is InChI=1S/C14H27O/c1-4-7-8-12(5-2)9-13(6-3)10-14-11-15-14/h12-14H,3-11H2,1-2H3. The molecule has 1 aliphatic rings. The average Bonchev–Trinajstić information content (AvgIpc) is 3.06. The van der Waals surface area contributed by atoms with Crippen LogP contribution in [0.1, 0.15) is 58.8 Å². The lowest BCUT2D eigenvalue weighted by Crippen LogP contribution is -2.10. The highest BCUT2D eigenvalue weighted by atomic mass is 16.6. The van der Waals surface area contributed by atoms with Crippen molar-refractivity contribution in [1.29, 1.82) is 0 Å². The van der Waals surface area contributed by atoms with Gasteiger partial charge < -0.3 is 4.74 Å². The van der Waals surface area contributed by atoms with Gasteiger partial charge in [0.15, 0.2) is 0 Å². The van der Waals surface area contributed by atoms with Gasteiger partial charge in [-0.15, -0.1) is 0 Å². The third kappa shape index (κ3) is 5.55. The van der Waals surface area contributed by atoms with Gasteiger partial charge in [-0.2, -0.15) is 0 Å². The number of ether oxygens (including phenoxy) is 1. The summed E-state index contributed by atoms with van der Waals surface area (Å²) in [7, 11) is 0. The number of hydrogen-bond acceptors (Lipinski definition) is 1. The molecule has 89 valence electrons. The van der Waals surface area contributed by atoms with Crippen LogP contribution in [0.25, 0.3) is 0 Å². The normalized spacial score (nSPS) is 23.8. The van der Waals surface area contributed by atoms with E-state index in [1.54, 1.807) is 0 Å². The second-order valence-electron chi connectivity index (χ2n) is 5.00. The Balaban J connectivity index is 2.19. The fourth-order valence-corrected chi connectivity index (χ4v) is 2.36. The molecule has 3 unspecified atom stereocenters. The minimum Gasteiger partial charge on any atom is -0.373 e. The van der Waals surface area contributed by atoms with Crippen molar-refractivity contribution < 1.29 is 4.74 Å². The van der Waals surface area contributed by atoms with Crippen molar-refractivity contribution in [3.8, 4) is 0 Å². The predicted octanol–water partition coefficient (Wildman–Crippen LogP) is 4.22. The summed E-state index contributed by atoms with van der Waals surface area (Å²) in [5.41, 5.74) is 0. The first-order valence-electron chi connectivity index (χ1n) is 6.70. The van der Waals surface area contributed by atoms with Gasteiger partial charge in [-0.05, 0) is 24.7 Å². The summed E-state index contributed by atoms with van der Waals surface area (Å²) in [6.45, 7) is 9.69. The van der Waals surface area contributed by atoms with Crippen LogP contribution in [-0.4, -0.2) is 12.7 Å². The van der Waals surface area contributed by atoms with Gasteiger partial charge in [0.1, 0.15) is 0 Å². The summed E-state index contributed by atoms with van der Waals surface area (Å²) in [5.74, 6) is 1.73. The predicted molar refractivity (Wildman–Crippen MR) is 65.7 cm³/mol.